The lowest BCUT2D eigenvalue weighted by Crippen LogP contribution is -2.34. The van der Waals surface area contributed by atoms with Crippen LogP contribution in [0.3, 0.4) is 0 Å². The molecular weight excluding hydrogens is 368 g/mol. The number of pyridine rings is 1. The number of carbonyl (C=O) groups excluding carboxylic acids is 1. The number of ketones is 1. The maximum absolute atomic E-state index is 13.4. The Kier molecular flexibility index (Phi) is 6.48. The van der Waals surface area contributed by atoms with Crippen molar-refractivity contribution < 1.29 is 4.79 Å². The Morgan fingerprint density at radius 1 is 1.07 bits per heavy atom. The first kappa shape index (κ1) is 21.0. The molecule has 0 N–H and O–H groups in total. The number of benzene rings is 1. The molecule has 158 valence electrons. The molecule has 1 heterocycles. The van der Waals surface area contributed by atoms with Gasteiger partial charge in [0.15, 0.2) is 5.78 Å². The lowest BCUT2D eigenvalue weighted by molar-refractivity contribution is 0.0871. The minimum Gasteiger partial charge on any atom is -0.309 e. The molecule has 0 amide bonds. The fourth-order valence-electron chi connectivity index (χ4n) is 5.10. The smallest absolute Gasteiger partial charge is 0.185 e. The van der Waals surface area contributed by atoms with Crippen molar-refractivity contribution in [1.82, 2.24) is 9.88 Å². The van der Waals surface area contributed by atoms with Gasteiger partial charge in [0.05, 0.1) is 5.69 Å². The minimum absolute atomic E-state index is 0.0715. The standard InChI is InChI=1S/C27H34N2O/c1-4-5-13-22-23-14-9-12-20(17-19-10-7-6-8-11-19)25(23)28-26-24(22)16-15-21(27(26)30)18-29(2)3/h6-8,10-11,17,21H,4-5,9,12-16,18H2,1-3H3/b20-17+. The second-order valence-electron chi connectivity index (χ2n) is 9.14. The molecule has 1 atom stereocenters. The van der Waals surface area contributed by atoms with Gasteiger partial charge in [0, 0.05) is 12.5 Å². The normalized spacial score (nSPS) is 19.8. The van der Waals surface area contributed by atoms with Gasteiger partial charge < -0.3 is 4.90 Å². The van der Waals surface area contributed by atoms with Crippen molar-refractivity contribution in [2.24, 2.45) is 5.92 Å². The van der Waals surface area contributed by atoms with E-state index in [2.05, 4.69) is 62.3 Å². The van der Waals surface area contributed by atoms with Crippen LogP contribution in [0, 0.1) is 5.92 Å². The van der Waals surface area contributed by atoms with Crippen molar-refractivity contribution in [3.63, 3.8) is 0 Å². The maximum atomic E-state index is 13.4. The predicted molar refractivity (Wildman–Crippen MR) is 125 cm³/mol. The third-order valence-corrected chi connectivity index (χ3v) is 6.55. The van der Waals surface area contributed by atoms with Gasteiger partial charge in [0.1, 0.15) is 5.69 Å². The summed E-state index contributed by atoms with van der Waals surface area (Å²) in [6.07, 6.45) is 11.0. The molecule has 4 rings (SSSR count). The highest BCUT2D eigenvalue weighted by Gasteiger charge is 2.33. The molecule has 2 aliphatic carbocycles. The van der Waals surface area contributed by atoms with Crippen LogP contribution >= 0.6 is 0 Å². The fraction of sp³-hybridized carbons (Fsp3) is 0.481. The summed E-state index contributed by atoms with van der Waals surface area (Å²) in [4.78, 5) is 20.7. The highest BCUT2D eigenvalue weighted by atomic mass is 16.1. The third-order valence-electron chi connectivity index (χ3n) is 6.55. The molecule has 0 bridgehead atoms. The van der Waals surface area contributed by atoms with Gasteiger partial charge in [-0.25, -0.2) is 4.98 Å². The van der Waals surface area contributed by atoms with Crippen LogP contribution in [-0.4, -0.2) is 36.3 Å². The van der Waals surface area contributed by atoms with Gasteiger partial charge >= 0.3 is 0 Å². The zero-order chi connectivity index (χ0) is 21.1. The monoisotopic (exact) mass is 402 g/mol. The van der Waals surface area contributed by atoms with Crippen LogP contribution in [0.25, 0.3) is 11.6 Å². The Morgan fingerprint density at radius 3 is 2.57 bits per heavy atom. The van der Waals surface area contributed by atoms with E-state index in [-0.39, 0.29) is 11.7 Å². The summed E-state index contributed by atoms with van der Waals surface area (Å²) in [6, 6.07) is 10.5. The molecule has 0 aliphatic heterocycles. The van der Waals surface area contributed by atoms with E-state index in [0.29, 0.717) is 0 Å². The first-order valence-electron chi connectivity index (χ1n) is 11.6. The van der Waals surface area contributed by atoms with Crippen molar-refractivity contribution >= 4 is 17.4 Å². The molecule has 1 aromatic carbocycles. The molecule has 30 heavy (non-hydrogen) atoms. The molecule has 2 aliphatic rings. The zero-order valence-electron chi connectivity index (χ0n) is 18.7. The summed E-state index contributed by atoms with van der Waals surface area (Å²) in [5.74, 6) is 0.331. The average Bonchev–Trinajstić information content (AvgIpc) is 2.74. The van der Waals surface area contributed by atoms with E-state index >= 15 is 0 Å². The highest BCUT2D eigenvalue weighted by molar-refractivity contribution is 6.00. The van der Waals surface area contributed by atoms with E-state index in [4.69, 9.17) is 4.98 Å². The van der Waals surface area contributed by atoms with Crippen molar-refractivity contribution in [3.8, 4) is 0 Å². The summed E-state index contributed by atoms with van der Waals surface area (Å²) >= 11 is 0. The van der Waals surface area contributed by atoms with E-state index in [1.165, 1.54) is 47.1 Å². The van der Waals surface area contributed by atoms with Crippen LogP contribution in [0.1, 0.15) is 77.5 Å². The number of allylic oxidation sites excluding steroid dienone is 1. The number of unbranched alkanes of at least 4 members (excludes halogenated alkanes) is 1. The lowest BCUT2D eigenvalue weighted by Gasteiger charge is -2.31. The van der Waals surface area contributed by atoms with E-state index in [0.717, 1.165) is 50.0 Å². The van der Waals surface area contributed by atoms with Crippen LogP contribution in [-0.2, 0) is 19.3 Å². The summed E-state index contributed by atoms with van der Waals surface area (Å²) in [6.45, 7) is 3.06. The highest BCUT2D eigenvalue weighted by Crippen LogP contribution is 2.38. The Balaban J connectivity index is 1.83. The quantitative estimate of drug-likeness (QED) is 0.630. The molecule has 0 radical (unpaired) electrons. The first-order chi connectivity index (χ1) is 14.6. The number of hydrogen-bond donors (Lipinski definition) is 0. The number of carbonyl (C=O) groups is 1. The van der Waals surface area contributed by atoms with E-state index in [1.54, 1.807) is 0 Å². The predicted octanol–water partition coefficient (Wildman–Crippen LogP) is 5.61. The van der Waals surface area contributed by atoms with Crippen molar-refractivity contribution in [1.29, 1.82) is 0 Å². The Labute approximate surface area is 181 Å². The van der Waals surface area contributed by atoms with Crippen molar-refractivity contribution in [2.75, 3.05) is 20.6 Å². The number of aromatic nitrogens is 1. The molecule has 1 unspecified atom stereocenters. The van der Waals surface area contributed by atoms with Crippen LogP contribution in [0.5, 0.6) is 0 Å². The van der Waals surface area contributed by atoms with Crippen LogP contribution in [0.15, 0.2) is 30.3 Å². The largest absolute Gasteiger partial charge is 0.309 e. The average molecular weight is 403 g/mol. The van der Waals surface area contributed by atoms with Crippen LogP contribution < -0.4 is 0 Å². The van der Waals surface area contributed by atoms with Crippen molar-refractivity contribution in [3.05, 3.63) is 64.0 Å². The molecular formula is C27H34N2O. The van der Waals surface area contributed by atoms with Gasteiger partial charge in [-0.1, -0.05) is 43.7 Å². The summed E-state index contributed by atoms with van der Waals surface area (Å²) < 4.78 is 0. The molecule has 1 aromatic heterocycles. The Hall–Kier alpha value is -2.26. The third kappa shape index (κ3) is 4.27. The maximum Gasteiger partial charge on any atom is 0.185 e. The second kappa shape index (κ2) is 9.26. The van der Waals surface area contributed by atoms with Crippen molar-refractivity contribution in [2.45, 2.75) is 58.3 Å². The van der Waals surface area contributed by atoms with E-state index in [1.807, 2.05) is 0 Å². The molecule has 3 nitrogen and oxygen atoms in total. The second-order valence-corrected chi connectivity index (χ2v) is 9.14. The molecule has 2 aromatic rings. The molecule has 0 fully saturated rings. The molecule has 0 saturated carbocycles. The van der Waals surface area contributed by atoms with Gasteiger partial charge in [-0.2, -0.15) is 0 Å². The summed E-state index contributed by atoms with van der Waals surface area (Å²) in [5.41, 5.74) is 8.54. The van der Waals surface area contributed by atoms with Gasteiger partial charge in [-0.3, -0.25) is 4.79 Å². The van der Waals surface area contributed by atoms with Crippen LogP contribution in [0.4, 0.5) is 0 Å². The lowest BCUT2D eigenvalue weighted by atomic mass is 9.77. The zero-order valence-corrected chi connectivity index (χ0v) is 18.7. The van der Waals surface area contributed by atoms with Gasteiger partial charge in [-0.15, -0.1) is 0 Å². The Bertz CT molecular complexity index is 943. The minimum atomic E-state index is 0.0715. The SMILES string of the molecule is CCCCc1c2c(nc3c1CCC/C3=C\c1ccccc1)C(=O)C(CN(C)C)CC2. The number of rotatable bonds is 6. The summed E-state index contributed by atoms with van der Waals surface area (Å²) in [5, 5.41) is 0. The van der Waals surface area contributed by atoms with E-state index < -0.39 is 0 Å². The van der Waals surface area contributed by atoms with Gasteiger partial charge in [0.2, 0.25) is 0 Å². The molecule has 3 heteroatoms. The van der Waals surface area contributed by atoms with E-state index in [9.17, 15) is 4.79 Å². The number of nitrogens with zero attached hydrogens (tertiary/aromatic N) is 2. The summed E-state index contributed by atoms with van der Waals surface area (Å²) in [7, 11) is 4.10. The van der Waals surface area contributed by atoms with Crippen LogP contribution in [0.2, 0.25) is 0 Å². The number of fused-ring (bicyclic) bond motifs is 2. The molecule has 0 spiro atoms. The Morgan fingerprint density at radius 2 is 1.83 bits per heavy atom. The number of Topliss-reactive ketones (excluding diaryl/α,β-unsaturated/α-hetero) is 1. The number of hydrogen-bond acceptors (Lipinski definition) is 3. The first-order valence-corrected chi connectivity index (χ1v) is 11.6. The van der Waals surface area contributed by atoms with Gasteiger partial charge in [0.25, 0.3) is 0 Å². The van der Waals surface area contributed by atoms with Gasteiger partial charge in [-0.05, 0) is 92.9 Å². The topological polar surface area (TPSA) is 33.2 Å². The molecule has 0 saturated heterocycles. The fourth-order valence-corrected chi connectivity index (χ4v) is 5.10.